The van der Waals surface area contributed by atoms with E-state index in [1.807, 2.05) is 18.2 Å². The minimum atomic E-state index is -0.485. The molecule has 10 heteroatoms. The fourth-order valence-corrected chi connectivity index (χ4v) is 2.66. The van der Waals surface area contributed by atoms with Crippen LogP contribution in [0.3, 0.4) is 0 Å². The first-order chi connectivity index (χ1) is 12.6. The number of benzene rings is 1. The molecule has 140 valence electrons. The molecule has 1 heterocycles. The Kier molecular flexibility index (Phi) is 7.70. The number of aromatic nitrogens is 2. The third-order valence-electron chi connectivity index (χ3n) is 3.54. The fraction of sp³-hybridized carbons (Fsp3) is 0.375. The van der Waals surface area contributed by atoms with Crippen molar-refractivity contribution in [3.8, 4) is 0 Å². The molecule has 0 spiro atoms. The zero-order valence-electron chi connectivity index (χ0n) is 14.5. The Morgan fingerprint density at radius 3 is 2.42 bits per heavy atom. The number of nitrogens with zero attached hydrogens (tertiary/aromatic N) is 4. The average Bonchev–Trinajstić information content (AvgIpc) is 2.63. The maximum atomic E-state index is 11.8. The third-order valence-corrected chi connectivity index (χ3v) is 4.23. The molecule has 0 saturated carbocycles. The van der Waals surface area contributed by atoms with Crippen molar-refractivity contribution >= 4 is 38.9 Å². The summed E-state index contributed by atoms with van der Waals surface area (Å²) in [6, 6.07) is 7.31. The number of nitro groups is 1. The lowest BCUT2D eigenvalue weighted by Gasteiger charge is -2.23. The molecular formula is C16H20BrN5O4. The summed E-state index contributed by atoms with van der Waals surface area (Å²) in [7, 11) is 3.14. The highest BCUT2D eigenvalue weighted by molar-refractivity contribution is 9.10. The first-order valence-electron chi connectivity index (χ1n) is 7.82. The number of nitrogens with one attached hydrogen (secondary N) is 1. The van der Waals surface area contributed by atoms with Crippen LogP contribution in [0.15, 0.2) is 35.1 Å². The number of anilines is 3. The van der Waals surface area contributed by atoms with Gasteiger partial charge in [-0.15, -0.1) is 0 Å². The van der Waals surface area contributed by atoms with Crippen LogP contribution in [0, 0.1) is 10.1 Å². The van der Waals surface area contributed by atoms with Crippen LogP contribution >= 0.6 is 15.9 Å². The van der Waals surface area contributed by atoms with Gasteiger partial charge in [0.25, 0.3) is 0 Å². The maximum Gasteiger partial charge on any atom is 0.353 e. The van der Waals surface area contributed by atoms with E-state index in [9.17, 15) is 10.1 Å². The molecule has 0 amide bonds. The second-order valence-electron chi connectivity index (χ2n) is 5.23. The van der Waals surface area contributed by atoms with Crippen molar-refractivity contribution in [3.05, 3.63) is 45.2 Å². The molecule has 0 radical (unpaired) electrons. The Balaban J connectivity index is 2.42. The predicted octanol–water partition coefficient (Wildman–Crippen LogP) is 2.99. The van der Waals surface area contributed by atoms with E-state index in [1.54, 1.807) is 25.2 Å². The van der Waals surface area contributed by atoms with Gasteiger partial charge in [0.15, 0.2) is 0 Å². The Labute approximate surface area is 159 Å². The Bertz CT molecular complexity index is 738. The quantitative estimate of drug-likeness (QED) is 0.457. The van der Waals surface area contributed by atoms with E-state index in [1.165, 1.54) is 6.33 Å². The minimum Gasteiger partial charge on any atom is -0.383 e. The minimum absolute atomic E-state index is 0.117. The van der Waals surface area contributed by atoms with Crippen molar-refractivity contribution in [2.75, 3.05) is 50.7 Å². The molecule has 9 nitrogen and oxygen atoms in total. The summed E-state index contributed by atoms with van der Waals surface area (Å²) in [4.78, 5) is 21.2. The van der Waals surface area contributed by atoms with Gasteiger partial charge in [0.1, 0.15) is 6.33 Å². The molecular weight excluding hydrogens is 406 g/mol. The number of para-hydroxylation sites is 1. The normalized spacial score (nSPS) is 10.6. The summed E-state index contributed by atoms with van der Waals surface area (Å²) >= 11 is 3.41. The molecule has 2 aromatic rings. The third kappa shape index (κ3) is 5.10. The van der Waals surface area contributed by atoms with Crippen LogP contribution in [0.4, 0.5) is 23.0 Å². The lowest BCUT2D eigenvalue weighted by atomic mass is 10.3. The van der Waals surface area contributed by atoms with Crippen molar-refractivity contribution in [2.45, 2.75) is 0 Å². The molecule has 1 aromatic heterocycles. The number of hydrogen-bond acceptors (Lipinski definition) is 8. The Morgan fingerprint density at radius 1 is 1.19 bits per heavy atom. The highest BCUT2D eigenvalue weighted by Crippen LogP contribution is 2.35. The maximum absolute atomic E-state index is 11.8. The summed E-state index contributed by atoms with van der Waals surface area (Å²) in [6.07, 6.45) is 1.30. The Morgan fingerprint density at radius 2 is 1.85 bits per heavy atom. The van der Waals surface area contributed by atoms with Crippen molar-refractivity contribution in [3.63, 3.8) is 0 Å². The molecule has 0 aliphatic carbocycles. The smallest absolute Gasteiger partial charge is 0.353 e. The number of methoxy groups -OCH3 is 2. The van der Waals surface area contributed by atoms with Crippen LogP contribution in [0.5, 0.6) is 0 Å². The average molecular weight is 426 g/mol. The van der Waals surface area contributed by atoms with Crippen LogP contribution in [0.25, 0.3) is 0 Å². The largest absolute Gasteiger partial charge is 0.383 e. The number of hydrogen-bond donors (Lipinski definition) is 1. The van der Waals surface area contributed by atoms with Gasteiger partial charge in [-0.3, -0.25) is 10.1 Å². The molecule has 0 saturated heterocycles. The summed E-state index contributed by atoms with van der Waals surface area (Å²) in [6.45, 7) is 1.67. The van der Waals surface area contributed by atoms with E-state index in [-0.39, 0.29) is 17.3 Å². The molecule has 0 atom stereocenters. The Hall–Kier alpha value is -2.30. The van der Waals surface area contributed by atoms with Gasteiger partial charge in [0.2, 0.25) is 11.6 Å². The molecule has 26 heavy (non-hydrogen) atoms. The second-order valence-corrected chi connectivity index (χ2v) is 6.08. The lowest BCUT2D eigenvalue weighted by Crippen LogP contribution is -2.32. The molecule has 2 rings (SSSR count). The van der Waals surface area contributed by atoms with Crippen LogP contribution in [-0.4, -0.2) is 55.4 Å². The summed E-state index contributed by atoms with van der Waals surface area (Å²) < 4.78 is 11.0. The zero-order chi connectivity index (χ0) is 18.9. The highest BCUT2D eigenvalue weighted by atomic mass is 79.9. The number of rotatable bonds is 10. The summed E-state index contributed by atoms with van der Waals surface area (Å²) in [5, 5.41) is 14.8. The van der Waals surface area contributed by atoms with Gasteiger partial charge < -0.3 is 19.7 Å². The molecule has 1 N–H and O–H groups in total. The monoisotopic (exact) mass is 425 g/mol. The predicted molar refractivity (Wildman–Crippen MR) is 102 cm³/mol. The van der Waals surface area contributed by atoms with Crippen molar-refractivity contribution in [2.24, 2.45) is 0 Å². The molecule has 0 bridgehead atoms. The second kappa shape index (κ2) is 10.00. The number of halogens is 1. The van der Waals surface area contributed by atoms with Crippen LogP contribution in [0.2, 0.25) is 0 Å². The highest BCUT2D eigenvalue weighted by Gasteiger charge is 2.27. The van der Waals surface area contributed by atoms with Crippen LogP contribution < -0.4 is 10.2 Å². The summed E-state index contributed by atoms with van der Waals surface area (Å²) in [5.74, 6) is 0.334. The molecule has 0 aliphatic rings. The molecule has 0 fully saturated rings. The van der Waals surface area contributed by atoms with Gasteiger partial charge in [-0.2, -0.15) is 0 Å². The van der Waals surface area contributed by atoms with E-state index < -0.39 is 4.92 Å². The van der Waals surface area contributed by atoms with Gasteiger partial charge in [-0.25, -0.2) is 9.97 Å². The first-order valence-corrected chi connectivity index (χ1v) is 8.61. The molecule has 0 aliphatic heterocycles. The standard InChI is InChI=1S/C16H20BrN5O4/c1-25-9-7-21(8-10-26-2)16-14(22(23)24)15(18-11-19-16)20-13-6-4-3-5-12(13)17/h3-6,11H,7-10H2,1-2H3,(H,18,19,20). The van der Waals surface area contributed by atoms with Gasteiger partial charge in [0, 0.05) is 31.8 Å². The van der Waals surface area contributed by atoms with E-state index in [0.29, 0.717) is 32.0 Å². The number of ether oxygens (including phenoxy) is 2. The van der Waals surface area contributed by atoms with E-state index >= 15 is 0 Å². The van der Waals surface area contributed by atoms with Crippen molar-refractivity contribution in [1.29, 1.82) is 0 Å². The zero-order valence-corrected chi connectivity index (χ0v) is 16.1. The summed E-state index contributed by atoms with van der Waals surface area (Å²) in [5.41, 5.74) is 0.469. The van der Waals surface area contributed by atoms with Crippen molar-refractivity contribution < 1.29 is 14.4 Å². The van der Waals surface area contributed by atoms with E-state index in [4.69, 9.17) is 9.47 Å². The lowest BCUT2D eigenvalue weighted by molar-refractivity contribution is -0.383. The van der Waals surface area contributed by atoms with E-state index in [0.717, 1.165) is 4.47 Å². The van der Waals surface area contributed by atoms with Crippen LogP contribution in [0.1, 0.15) is 0 Å². The molecule has 0 unspecified atom stereocenters. The molecule has 1 aromatic carbocycles. The van der Waals surface area contributed by atoms with Crippen molar-refractivity contribution in [1.82, 2.24) is 9.97 Å². The van der Waals surface area contributed by atoms with Gasteiger partial charge in [-0.05, 0) is 28.1 Å². The SMILES string of the molecule is COCCN(CCOC)c1ncnc(Nc2ccccc2Br)c1[N+](=O)[O-]. The van der Waals surface area contributed by atoms with Crippen LogP contribution in [-0.2, 0) is 9.47 Å². The van der Waals surface area contributed by atoms with Gasteiger partial charge in [-0.1, -0.05) is 12.1 Å². The first kappa shape index (κ1) is 20.0. The van der Waals surface area contributed by atoms with E-state index in [2.05, 4.69) is 31.2 Å². The topological polar surface area (TPSA) is 103 Å². The van der Waals surface area contributed by atoms with Gasteiger partial charge in [0.05, 0.1) is 23.8 Å². The van der Waals surface area contributed by atoms with Gasteiger partial charge >= 0.3 is 5.69 Å². The fourth-order valence-electron chi connectivity index (χ4n) is 2.28.